The molecule has 0 radical (unpaired) electrons. The predicted molar refractivity (Wildman–Crippen MR) is 91.9 cm³/mol. The van der Waals surface area contributed by atoms with Crippen LogP contribution in [0, 0.1) is 12.8 Å². The number of aliphatic carboxylic acids is 1. The number of amides is 2. The third kappa shape index (κ3) is 5.81. The summed E-state index contributed by atoms with van der Waals surface area (Å²) in [6, 6.07) is 7.90. The van der Waals surface area contributed by atoms with Crippen molar-refractivity contribution in [2.45, 2.75) is 20.8 Å². The van der Waals surface area contributed by atoms with Crippen LogP contribution in [0.3, 0.4) is 0 Å². The van der Waals surface area contributed by atoms with Gasteiger partial charge in [0.05, 0.1) is 5.92 Å². The van der Waals surface area contributed by atoms with Gasteiger partial charge in [0.25, 0.3) is 0 Å². The van der Waals surface area contributed by atoms with Crippen molar-refractivity contribution < 1.29 is 14.7 Å². The van der Waals surface area contributed by atoms with Crippen molar-refractivity contribution in [3.63, 3.8) is 0 Å². The number of aryl methyl sites for hydroxylation is 1. The molecule has 1 atom stereocenters. The molecule has 0 spiro atoms. The number of anilines is 1. The Bertz CT molecular complexity index is 534. The Kier molecular flexibility index (Phi) is 7.38. The van der Waals surface area contributed by atoms with Crippen molar-refractivity contribution in [1.82, 2.24) is 10.2 Å². The summed E-state index contributed by atoms with van der Waals surface area (Å²) in [4.78, 5) is 26.4. The van der Waals surface area contributed by atoms with Gasteiger partial charge in [-0.2, -0.15) is 0 Å². The Balaban J connectivity index is 2.47. The van der Waals surface area contributed by atoms with Crippen LogP contribution >= 0.6 is 0 Å². The second kappa shape index (κ2) is 9.02. The molecule has 1 unspecified atom stereocenters. The van der Waals surface area contributed by atoms with E-state index in [2.05, 4.69) is 36.2 Å². The third-order valence-electron chi connectivity index (χ3n) is 3.81. The zero-order valence-electron chi connectivity index (χ0n) is 14.4. The summed E-state index contributed by atoms with van der Waals surface area (Å²) in [5.74, 6) is -1.48. The molecule has 0 fully saturated rings. The number of para-hydroxylation sites is 1. The number of carbonyl (C=O) groups excluding carboxylic acids is 1. The molecule has 0 bridgehead atoms. The van der Waals surface area contributed by atoms with E-state index < -0.39 is 11.9 Å². The molecule has 6 nitrogen and oxygen atoms in total. The maximum atomic E-state index is 12.0. The number of carbonyl (C=O) groups is 2. The summed E-state index contributed by atoms with van der Waals surface area (Å²) in [6.07, 6.45) is 0. The quantitative estimate of drug-likeness (QED) is 0.770. The first-order valence-electron chi connectivity index (χ1n) is 7.89. The Morgan fingerprint density at radius 2 is 1.96 bits per heavy atom. The lowest BCUT2D eigenvalue weighted by atomic mass is 10.2. The van der Waals surface area contributed by atoms with Crippen LogP contribution in [0.1, 0.15) is 19.4 Å². The lowest BCUT2D eigenvalue weighted by Gasteiger charge is -2.26. The highest BCUT2D eigenvalue weighted by Gasteiger charge is 2.17. The molecule has 0 saturated heterocycles. The molecule has 0 heterocycles. The van der Waals surface area contributed by atoms with Gasteiger partial charge >= 0.3 is 12.0 Å². The van der Waals surface area contributed by atoms with Crippen molar-refractivity contribution in [3.05, 3.63) is 29.8 Å². The van der Waals surface area contributed by atoms with Crippen LogP contribution in [0.2, 0.25) is 0 Å². The Labute approximate surface area is 138 Å². The number of nitrogens with one attached hydrogen (secondary N) is 1. The van der Waals surface area contributed by atoms with Gasteiger partial charge in [-0.3, -0.25) is 4.79 Å². The molecule has 0 aliphatic carbocycles. The second-order valence-electron chi connectivity index (χ2n) is 5.72. The van der Waals surface area contributed by atoms with Crippen LogP contribution in [0.15, 0.2) is 24.3 Å². The summed E-state index contributed by atoms with van der Waals surface area (Å²) >= 11 is 0. The number of likely N-dealkylation sites (N-methyl/N-ethyl adjacent to an activating group) is 1. The zero-order valence-corrected chi connectivity index (χ0v) is 14.4. The average Bonchev–Trinajstić information content (AvgIpc) is 2.52. The van der Waals surface area contributed by atoms with E-state index in [-0.39, 0.29) is 12.6 Å². The van der Waals surface area contributed by atoms with Crippen LogP contribution in [-0.4, -0.2) is 55.2 Å². The maximum absolute atomic E-state index is 12.0. The fraction of sp³-hybridized carbons (Fsp3) is 0.529. The van der Waals surface area contributed by atoms with Gasteiger partial charge in [-0.1, -0.05) is 25.1 Å². The summed E-state index contributed by atoms with van der Waals surface area (Å²) in [5, 5.41) is 11.7. The molecule has 0 saturated carbocycles. The van der Waals surface area contributed by atoms with E-state index in [9.17, 15) is 9.59 Å². The number of nitrogens with zero attached hydrogens (tertiary/aromatic N) is 2. The molecule has 1 rings (SSSR count). The van der Waals surface area contributed by atoms with Crippen LogP contribution in [0.25, 0.3) is 0 Å². The molecule has 2 N–H and O–H groups in total. The molecular weight excluding hydrogens is 294 g/mol. The van der Waals surface area contributed by atoms with Gasteiger partial charge in [-0.15, -0.1) is 0 Å². The second-order valence-corrected chi connectivity index (χ2v) is 5.72. The van der Waals surface area contributed by atoms with Gasteiger partial charge in [-0.05, 0) is 25.5 Å². The van der Waals surface area contributed by atoms with E-state index in [0.29, 0.717) is 13.1 Å². The van der Waals surface area contributed by atoms with Crippen LogP contribution in [0.5, 0.6) is 0 Å². The minimum atomic E-state index is -0.902. The van der Waals surface area contributed by atoms with Crippen molar-refractivity contribution in [2.24, 2.45) is 5.92 Å². The normalized spacial score (nSPS) is 11.7. The van der Waals surface area contributed by atoms with Gasteiger partial charge in [0, 0.05) is 38.9 Å². The van der Waals surface area contributed by atoms with E-state index in [0.717, 1.165) is 12.2 Å². The van der Waals surface area contributed by atoms with Gasteiger partial charge in [0.2, 0.25) is 0 Å². The van der Waals surface area contributed by atoms with E-state index in [1.165, 1.54) is 10.5 Å². The molecule has 128 valence electrons. The van der Waals surface area contributed by atoms with E-state index in [1.54, 1.807) is 14.0 Å². The number of rotatable bonds is 8. The molecule has 23 heavy (non-hydrogen) atoms. The van der Waals surface area contributed by atoms with Crippen molar-refractivity contribution in [1.29, 1.82) is 0 Å². The zero-order chi connectivity index (χ0) is 17.4. The highest BCUT2D eigenvalue weighted by molar-refractivity contribution is 5.75. The van der Waals surface area contributed by atoms with Crippen molar-refractivity contribution >= 4 is 17.7 Å². The minimum Gasteiger partial charge on any atom is -0.481 e. The lowest BCUT2D eigenvalue weighted by molar-refractivity contribution is -0.141. The molecule has 1 aromatic rings. The number of carboxylic acid groups (broad SMARTS) is 1. The fourth-order valence-electron chi connectivity index (χ4n) is 2.37. The molecular formula is C17H27N3O3. The summed E-state index contributed by atoms with van der Waals surface area (Å²) in [6.45, 7) is 7.99. The van der Waals surface area contributed by atoms with Crippen LogP contribution in [-0.2, 0) is 4.79 Å². The third-order valence-corrected chi connectivity index (χ3v) is 3.81. The highest BCUT2D eigenvalue weighted by Crippen LogP contribution is 2.18. The Hall–Kier alpha value is -2.24. The van der Waals surface area contributed by atoms with Gasteiger partial charge in [0.1, 0.15) is 0 Å². The molecule has 0 aliphatic heterocycles. The summed E-state index contributed by atoms with van der Waals surface area (Å²) in [5.41, 5.74) is 2.37. The SMILES string of the molecule is CCN(CCNC(=O)N(C)CC(C)C(=O)O)c1ccccc1C. The number of urea groups is 1. The first kappa shape index (κ1) is 18.8. The Morgan fingerprint density at radius 3 is 2.52 bits per heavy atom. The van der Waals surface area contributed by atoms with Crippen molar-refractivity contribution in [2.75, 3.05) is 38.1 Å². The molecule has 1 aromatic carbocycles. The highest BCUT2D eigenvalue weighted by atomic mass is 16.4. The summed E-state index contributed by atoms with van der Waals surface area (Å²) in [7, 11) is 1.60. The minimum absolute atomic E-state index is 0.191. The smallest absolute Gasteiger partial charge is 0.317 e. The number of hydrogen-bond donors (Lipinski definition) is 2. The summed E-state index contributed by atoms with van der Waals surface area (Å²) < 4.78 is 0. The Morgan fingerprint density at radius 1 is 1.30 bits per heavy atom. The van der Waals surface area contributed by atoms with E-state index >= 15 is 0 Å². The number of hydrogen-bond acceptors (Lipinski definition) is 3. The van der Waals surface area contributed by atoms with Crippen LogP contribution < -0.4 is 10.2 Å². The molecule has 0 aromatic heterocycles. The van der Waals surface area contributed by atoms with Gasteiger partial charge in [0.15, 0.2) is 0 Å². The molecule has 6 heteroatoms. The monoisotopic (exact) mass is 321 g/mol. The molecule has 2 amide bonds. The predicted octanol–water partition coefficient (Wildman–Crippen LogP) is 2.18. The average molecular weight is 321 g/mol. The fourth-order valence-corrected chi connectivity index (χ4v) is 2.37. The number of carboxylic acids is 1. The van der Waals surface area contributed by atoms with E-state index in [4.69, 9.17) is 5.11 Å². The van der Waals surface area contributed by atoms with Crippen LogP contribution in [0.4, 0.5) is 10.5 Å². The first-order chi connectivity index (χ1) is 10.9. The number of benzene rings is 1. The largest absolute Gasteiger partial charge is 0.481 e. The van der Waals surface area contributed by atoms with E-state index in [1.807, 2.05) is 12.1 Å². The maximum Gasteiger partial charge on any atom is 0.317 e. The molecule has 0 aliphatic rings. The lowest BCUT2D eigenvalue weighted by Crippen LogP contribution is -2.43. The first-order valence-corrected chi connectivity index (χ1v) is 7.89. The standard InChI is InChI=1S/C17H27N3O3/c1-5-20(15-9-7-6-8-13(15)2)11-10-18-17(23)19(4)12-14(3)16(21)22/h6-9,14H,5,10-12H2,1-4H3,(H,18,23)(H,21,22). The van der Waals surface area contributed by atoms with Gasteiger partial charge in [-0.25, -0.2) is 4.79 Å². The van der Waals surface area contributed by atoms with Gasteiger partial charge < -0.3 is 20.2 Å². The topological polar surface area (TPSA) is 72.9 Å². The van der Waals surface area contributed by atoms with Crippen molar-refractivity contribution in [3.8, 4) is 0 Å².